The van der Waals surface area contributed by atoms with Crippen LogP contribution >= 0.6 is 22.9 Å². The van der Waals surface area contributed by atoms with Crippen LogP contribution in [0.5, 0.6) is 11.5 Å². The van der Waals surface area contributed by atoms with E-state index in [9.17, 15) is 5.26 Å². The molecule has 0 saturated carbocycles. The van der Waals surface area contributed by atoms with Crippen molar-refractivity contribution in [1.82, 2.24) is 4.98 Å². The van der Waals surface area contributed by atoms with Gasteiger partial charge in [0.15, 0.2) is 0 Å². The number of aromatic nitrogens is 1. The maximum absolute atomic E-state index is 9.60. The molecule has 27 heavy (non-hydrogen) atoms. The van der Waals surface area contributed by atoms with E-state index >= 15 is 0 Å². The van der Waals surface area contributed by atoms with E-state index < -0.39 is 0 Å². The van der Waals surface area contributed by atoms with Gasteiger partial charge >= 0.3 is 0 Å². The first-order chi connectivity index (χ1) is 13.2. The Labute approximate surface area is 165 Å². The normalized spacial score (nSPS) is 11.3. The Morgan fingerprint density at radius 3 is 2.59 bits per heavy atom. The molecule has 0 radical (unpaired) electrons. The molecule has 0 unspecified atom stereocenters. The molecule has 0 saturated heterocycles. The number of allylic oxidation sites excluding steroid dienone is 1. The van der Waals surface area contributed by atoms with Gasteiger partial charge in [-0.1, -0.05) is 35.9 Å². The second-order valence-corrected chi connectivity index (χ2v) is 7.25. The van der Waals surface area contributed by atoms with Crippen LogP contribution in [-0.4, -0.2) is 4.98 Å². The molecule has 0 fully saturated rings. The summed E-state index contributed by atoms with van der Waals surface area (Å²) in [6.07, 6.45) is 1.83. The monoisotopic (exact) mass is 388 g/mol. The Morgan fingerprint density at radius 1 is 1.00 bits per heavy atom. The number of nitrogens with zero attached hydrogens (tertiary/aromatic N) is 2. The summed E-state index contributed by atoms with van der Waals surface area (Å²) in [5.74, 6) is 1.39. The lowest BCUT2D eigenvalue weighted by atomic mass is 10.1. The maximum atomic E-state index is 9.60. The van der Waals surface area contributed by atoms with E-state index in [2.05, 4.69) is 11.1 Å². The molecule has 1 aromatic heterocycles. The van der Waals surface area contributed by atoms with Gasteiger partial charge in [0.1, 0.15) is 22.6 Å². The molecule has 0 bridgehead atoms. The number of ether oxygens (including phenoxy) is 1. The van der Waals surface area contributed by atoms with Crippen LogP contribution < -0.4 is 4.74 Å². The van der Waals surface area contributed by atoms with E-state index in [0.29, 0.717) is 27.1 Å². The molecule has 5 heteroatoms. The lowest BCUT2D eigenvalue weighted by Gasteiger charge is -2.06. The van der Waals surface area contributed by atoms with Crippen molar-refractivity contribution in [2.45, 2.75) is 0 Å². The van der Waals surface area contributed by atoms with Gasteiger partial charge in [-0.15, -0.1) is 11.3 Å². The van der Waals surface area contributed by atoms with Crippen molar-refractivity contribution in [2.75, 3.05) is 0 Å². The maximum Gasteiger partial charge on any atom is 0.135 e. The molecule has 0 atom stereocenters. The summed E-state index contributed by atoms with van der Waals surface area (Å²) >= 11 is 7.41. The third kappa shape index (κ3) is 4.01. The van der Waals surface area contributed by atoms with Gasteiger partial charge in [-0.3, -0.25) is 0 Å². The van der Waals surface area contributed by atoms with Crippen LogP contribution in [0, 0.1) is 11.3 Å². The van der Waals surface area contributed by atoms with Gasteiger partial charge in [-0.05, 0) is 60.2 Å². The second-order valence-electron chi connectivity index (χ2n) is 5.79. The molecule has 4 aromatic rings. The SMILES string of the molecule is N#C/C(=C\c1cccc(Oc2ccc(Cl)cc2)c1)c1nc2ccccc2s1. The molecule has 0 aliphatic rings. The Hall–Kier alpha value is -3.13. The van der Waals surface area contributed by atoms with Crippen molar-refractivity contribution in [3.05, 3.63) is 88.4 Å². The number of rotatable bonds is 4. The van der Waals surface area contributed by atoms with Crippen molar-refractivity contribution in [1.29, 1.82) is 5.26 Å². The third-order valence-corrected chi connectivity index (χ3v) is 5.18. The standard InChI is InChI=1S/C22H13ClN2OS/c23-17-8-10-18(11-9-17)26-19-5-3-4-15(13-19)12-16(14-24)22-25-20-6-1-2-7-21(20)27-22/h1-13H/b16-12+. The first-order valence-corrected chi connectivity index (χ1v) is 9.42. The van der Waals surface area contributed by atoms with Crippen molar-refractivity contribution in [3.63, 3.8) is 0 Å². The summed E-state index contributed by atoms with van der Waals surface area (Å²) in [5.41, 5.74) is 2.30. The molecule has 3 nitrogen and oxygen atoms in total. The number of para-hydroxylation sites is 1. The number of benzene rings is 3. The number of halogens is 1. The highest BCUT2D eigenvalue weighted by Gasteiger charge is 2.09. The summed E-state index contributed by atoms with van der Waals surface area (Å²) in [7, 11) is 0. The number of hydrogen-bond donors (Lipinski definition) is 0. The minimum Gasteiger partial charge on any atom is -0.457 e. The van der Waals surface area contributed by atoms with Crippen LogP contribution in [0.3, 0.4) is 0 Å². The fraction of sp³-hybridized carbons (Fsp3) is 0. The Kier molecular flexibility index (Phi) is 4.88. The Bertz CT molecular complexity index is 1140. The van der Waals surface area contributed by atoms with E-state index in [1.54, 1.807) is 12.1 Å². The van der Waals surface area contributed by atoms with Gasteiger partial charge in [0, 0.05) is 5.02 Å². The number of nitriles is 1. The minimum absolute atomic E-state index is 0.528. The third-order valence-electron chi connectivity index (χ3n) is 3.86. The summed E-state index contributed by atoms with van der Waals surface area (Å²) < 4.78 is 6.92. The summed E-state index contributed by atoms with van der Waals surface area (Å²) in [5, 5.41) is 11.0. The van der Waals surface area contributed by atoms with Crippen LogP contribution in [-0.2, 0) is 0 Å². The fourth-order valence-corrected chi connectivity index (χ4v) is 3.66. The summed E-state index contributed by atoms with van der Waals surface area (Å²) in [6, 6.07) is 24.9. The average Bonchev–Trinajstić information content (AvgIpc) is 3.12. The Morgan fingerprint density at radius 2 is 1.81 bits per heavy atom. The fourth-order valence-electron chi connectivity index (χ4n) is 2.60. The van der Waals surface area contributed by atoms with Crippen molar-refractivity contribution in [2.24, 2.45) is 0 Å². The molecular formula is C22H13ClN2OS. The van der Waals surface area contributed by atoms with Crippen LogP contribution in [0.2, 0.25) is 5.02 Å². The highest BCUT2D eigenvalue weighted by Crippen LogP contribution is 2.29. The molecular weight excluding hydrogens is 376 g/mol. The minimum atomic E-state index is 0.528. The lowest BCUT2D eigenvalue weighted by Crippen LogP contribution is -1.85. The van der Waals surface area contributed by atoms with Crippen molar-refractivity contribution >= 4 is 44.8 Å². The Balaban J connectivity index is 1.63. The van der Waals surface area contributed by atoms with E-state index in [0.717, 1.165) is 15.8 Å². The van der Waals surface area contributed by atoms with Crippen LogP contribution in [0.4, 0.5) is 0 Å². The van der Waals surface area contributed by atoms with E-state index in [1.807, 2.05) is 66.7 Å². The smallest absolute Gasteiger partial charge is 0.135 e. The predicted molar refractivity (Wildman–Crippen MR) is 111 cm³/mol. The largest absolute Gasteiger partial charge is 0.457 e. The van der Waals surface area contributed by atoms with Gasteiger partial charge < -0.3 is 4.74 Å². The van der Waals surface area contributed by atoms with Crippen molar-refractivity contribution in [3.8, 4) is 17.6 Å². The first kappa shape index (κ1) is 17.3. The number of fused-ring (bicyclic) bond motifs is 1. The van der Waals surface area contributed by atoms with Gasteiger partial charge in [0.2, 0.25) is 0 Å². The highest BCUT2D eigenvalue weighted by atomic mass is 35.5. The molecule has 0 aliphatic heterocycles. The first-order valence-electron chi connectivity index (χ1n) is 8.22. The van der Waals surface area contributed by atoms with Gasteiger partial charge in [0.25, 0.3) is 0 Å². The van der Waals surface area contributed by atoms with Crippen LogP contribution in [0.15, 0.2) is 72.8 Å². The van der Waals surface area contributed by atoms with E-state index in [4.69, 9.17) is 16.3 Å². The molecule has 3 aromatic carbocycles. The molecule has 4 rings (SSSR count). The molecule has 1 heterocycles. The van der Waals surface area contributed by atoms with Crippen molar-refractivity contribution < 1.29 is 4.74 Å². The predicted octanol–water partition coefficient (Wildman–Crippen LogP) is 6.81. The quantitative estimate of drug-likeness (QED) is 0.361. The molecule has 0 spiro atoms. The topological polar surface area (TPSA) is 45.9 Å². The molecule has 130 valence electrons. The highest BCUT2D eigenvalue weighted by molar-refractivity contribution is 7.19. The number of hydrogen-bond acceptors (Lipinski definition) is 4. The summed E-state index contributed by atoms with van der Waals surface area (Å²) in [4.78, 5) is 4.56. The van der Waals surface area contributed by atoms with Gasteiger partial charge in [-0.2, -0.15) is 5.26 Å². The molecule has 0 amide bonds. The zero-order valence-electron chi connectivity index (χ0n) is 14.1. The summed E-state index contributed by atoms with van der Waals surface area (Å²) in [6.45, 7) is 0. The number of thiazole rings is 1. The van der Waals surface area contributed by atoms with E-state index in [1.165, 1.54) is 11.3 Å². The second kappa shape index (κ2) is 7.63. The van der Waals surface area contributed by atoms with Gasteiger partial charge in [0.05, 0.1) is 15.8 Å². The van der Waals surface area contributed by atoms with Crippen LogP contribution in [0.25, 0.3) is 21.9 Å². The van der Waals surface area contributed by atoms with Crippen LogP contribution in [0.1, 0.15) is 10.6 Å². The zero-order valence-corrected chi connectivity index (χ0v) is 15.7. The molecule has 0 aliphatic carbocycles. The zero-order chi connectivity index (χ0) is 18.6. The molecule has 0 N–H and O–H groups in total. The van der Waals surface area contributed by atoms with E-state index in [-0.39, 0.29) is 0 Å². The lowest BCUT2D eigenvalue weighted by molar-refractivity contribution is 0.482. The average molecular weight is 389 g/mol. The van der Waals surface area contributed by atoms with Gasteiger partial charge in [-0.25, -0.2) is 4.98 Å².